The smallest absolute Gasteiger partial charge is 0.326 e. The number of aromatic amines is 1. The van der Waals surface area contributed by atoms with Crippen molar-refractivity contribution in [3.05, 3.63) is 93.1 Å². The van der Waals surface area contributed by atoms with Crippen molar-refractivity contribution in [2.24, 2.45) is 5.92 Å². The van der Waals surface area contributed by atoms with Crippen LogP contribution < -0.4 is 0 Å². The number of halogens is 1. The van der Waals surface area contributed by atoms with Gasteiger partial charge in [-0.15, -0.1) is 0 Å². The lowest BCUT2D eigenvalue weighted by Gasteiger charge is -2.46. The molecule has 1 fully saturated rings. The number of methoxy groups -OCH3 is 2. The molecule has 2 aliphatic rings. The number of nitrogens with zero attached hydrogens (tertiary/aromatic N) is 1. The van der Waals surface area contributed by atoms with E-state index in [1.807, 2.05) is 54.6 Å². The molecule has 0 radical (unpaired) electrons. The van der Waals surface area contributed by atoms with Gasteiger partial charge in [0.1, 0.15) is 17.3 Å². The molecule has 184 valence electrons. The summed E-state index contributed by atoms with van der Waals surface area (Å²) in [6.45, 7) is 0. The Morgan fingerprint density at radius 1 is 1.06 bits per heavy atom. The van der Waals surface area contributed by atoms with E-state index in [1.54, 1.807) is 6.26 Å². The maximum atomic E-state index is 13.8. The Morgan fingerprint density at radius 3 is 2.56 bits per heavy atom. The van der Waals surface area contributed by atoms with Gasteiger partial charge in [0, 0.05) is 26.6 Å². The molecule has 8 heteroatoms. The van der Waals surface area contributed by atoms with Crippen LogP contribution in [0.2, 0.25) is 0 Å². The van der Waals surface area contributed by atoms with E-state index in [0.717, 1.165) is 31.3 Å². The molecule has 1 saturated heterocycles. The maximum absolute atomic E-state index is 13.8. The summed E-state index contributed by atoms with van der Waals surface area (Å²) < 4.78 is 17.8. The van der Waals surface area contributed by atoms with Crippen LogP contribution in [0.5, 0.6) is 0 Å². The van der Waals surface area contributed by atoms with E-state index in [9.17, 15) is 9.59 Å². The van der Waals surface area contributed by atoms with E-state index in [1.165, 1.54) is 14.2 Å². The first-order valence-corrected chi connectivity index (χ1v) is 12.9. The summed E-state index contributed by atoms with van der Waals surface area (Å²) in [6.07, 6.45) is 2.32. The molecule has 0 spiro atoms. The molecule has 4 heterocycles. The van der Waals surface area contributed by atoms with Gasteiger partial charge < -0.3 is 18.9 Å². The van der Waals surface area contributed by atoms with Crippen LogP contribution in [0.1, 0.15) is 41.1 Å². The quantitative estimate of drug-likeness (QED) is 0.259. The molecule has 2 aliphatic heterocycles. The summed E-state index contributed by atoms with van der Waals surface area (Å²) in [5.74, 6) is -0.587. The Balaban J connectivity index is 1.68. The normalized spacial score (nSPS) is 25.4. The number of furan rings is 1. The van der Waals surface area contributed by atoms with E-state index in [2.05, 4.69) is 38.5 Å². The van der Waals surface area contributed by atoms with E-state index in [0.29, 0.717) is 12.2 Å². The van der Waals surface area contributed by atoms with E-state index < -0.39 is 23.5 Å². The standard InChI is InChI=1S/C28H25IN2O5/c1-34-26(32)19-15-28(27(33)35-2)14-18-16-8-4-6-11-21(16)30-23(18)25(22-12-7-13-36-22)31(28)24(19)17-9-3-5-10-20(17)29/h3-13,19,24-25,30H,14-15H2,1-2H3/t19-,24-,25?,28-/m1/s1. The maximum Gasteiger partial charge on any atom is 0.326 e. The van der Waals surface area contributed by atoms with Gasteiger partial charge in [0.25, 0.3) is 0 Å². The zero-order valence-electron chi connectivity index (χ0n) is 19.9. The average molecular weight is 596 g/mol. The number of H-pyrrole nitrogens is 1. The molecule has 36 heavy (non-hydrogen) atoms. The molecule has 2 aromatic carbocycles. The third-order valence-electron chi connectivity index (χ3n) is 7.71. The third kappa shape index (κ3) is 3.27. The molecule has 0 saturated carbocycles. The third-order valence-corrected chi connectivity index (χ3v) is 8.69. The number of nitrogens with one attached hydrogen (secondary N) is 1. The van der Waals surface area contributed by atoms with Crippen LogP contribution in [0.3, 0.4) is 0 Å². The van der Waals surface area contributed by atoms with Gasteiger partial charge in [-0.2, -0.15) is 0 Å². The highest BCUT2D eigenvalue weighted by Crippen LogP contribution is 2.58. The van der Waals surface area contributed by atoms with Crippen molar-refractivity contribution < 1.29 is 23.5 Å². The minimum Gasteiger partial charge on any atom is -0.469 e. The number of esters is 2. The van der Waals surface area contributed by atoms with E-state index in [4.69, 9.17) is 13.9 Å². The number of carbonyl (C=O) groups excluding carboxylic acids is 2. The van der Waals surface area contributed by atoms with Gasteiger partial charge in [-0.05, 0) is 64.4 Å². The Bertz CT molecular complexity index is 1460. The molecule has 0 bridgehead atoms. The number of benzene rings is 2. The summed E-state index contributed by atoms with van der Waals surface area (Å²) in [4.78, 5) is 32.9. The number of aromatic nitrogens is 1. The molecule has 2 aromatic heterocycles. The summed E-state index contributed by atoms with van der Waals surface area (Å²) in [7, 11) is 2.81. The van der Waals surface area contributed by atoms with Gasteiger partial charge >= 0.3 is 11.9 Å². The lowest BCUT2D eigenvalue weighted by atomic mass is 9.79. The Kier molecular flexibility index (Phi) is 5.68. The largest absolute Gasteiger partial charge is 0.469 e. The van der Waals surface area contributed by atoms with Crippen LogP contribution in [0.15, 0.2) is 71.3 Å². The minimum absolute atomic E-state index is 0.276. The van der Waals surface area contributed by atoms with Crippen molar-refractivity contribution in [2.75, 3.05) is 14.2 Å². The topological polar surface area (TPSA) is 84.8 Å². The minimum atomic E-state index is -1.09. The van der Waals surface area contributed by atoms with Crippen LogP contribution in [0.25, 0.3) is 10.9 Å². The number of carbonyl (C=O) groups is 2. The molecule has 1 unspecified atom stereocenters. The number of hydrogen-bond donors (Lipinski definition) is 1. The number of hydrogen-bond acceptors (Lipinski definition) is 6. The zero-order chi connectivity index (χ0) is 25.0. The van der Waals surface area contributed by atoms with Crippen molar-refractivity contribution in [3.63, 3.8) is 0 Å². The van der Waals surface area contributed by atoms with Crippen LogP contribution in [-0.4, -0.2) is 41.6 Å². The number of fused-ring (bicyclic) bond motifs is 4. The van der Waals surface area contributed by atoms with Crippen LogP contribution >= 0.6 is 22.6 Å². The summed E-state index contributed by atoms with van der Waals surface area (Å²) in [6, 6.07) is 19.0. The van der Waals surface area contributed by atoms with Crippen molar-refractivity contribution >= 4 is 45.4 Å². The Labute approximate surface area is 221 Å². The molecular formula is C28H25IN2O5. The van der Waals surface area contributed by atoms with Crippen molar-refractivity contribution in [2.45, 2.75) is 30.5 Å². The van der Waals surface area contributed by atoms with Gasteiger partial charge in [-0.1, -0.05) is 36.4 Å². The fourth-order valence-electron chi connectivity index (χ4n) is 6.31. The highest BCUT2D eigenvalue weighted by Gasteiger charge is 2.65. The summed E-state index contributed by atoms with van der Waals surface area (Å²) in [5, 5.41) is 1.05. The second kappa shape index (κ2) is 8.77. The molecule has 7 nitrogen and oxygen atoms in total. The number of rotatable bonds is 4. The fourth-order valence-corrected chi connectivity index (χ4v) is 7.02. The van der Waals surface area contributed by atoms with Crippen molar-refractivity contribution in [3.8, 4) is 0 Å². The van der Waals surface area contributed by atoms with Gasteiger partial charge in [-0.25, -0.2) is 0 Å². The molecule has 6 rings (SSSR count). The fraction of sp³-hybridized carbons (Fsp3) is 0.286. The van der Waals surface area contributed by atoms with Crippen LogP contribution in [-0.2, 0) is 25.5 Å². The monoisotopic (exact) mass is 596 g/mol. The van der Waals surface area contributed by atoms with E-state index in [-0.39, 0.29) is 18.4 Å². The summed E-state index contributed by atoms with van der Waals surface area (Å²) in [5.41, 5.74) is 2.88. The van der Waals surface area contributed by atoms with Gasteiger partial charge in [0.2, 0.25) is 0 Å². The predicted octanol–water partition coefficient (Wildman–Crippen LogP) is 5.16. The first-order chi connectivity index (χ1) is 17.5. The highest BCUT2D eigenvalue weighted by atomic mass is 127. The van der Waals surface area contributed by atoms with Gasteiger partial charge in [-0.3, -0.25) is 14.5 Å². The SMILES string of the molecule is COC(=O)[C@@H]1C[C@@]2(C(=O)OC)Cc3c([nH]c4ccccc34)C(c3ccco3)N2[C@@H]1c1ccccc1I. The molecule has 1 N–H and O–H groups in total. The first kappa shape index (κ1) is 23.3. The predicted molar refractivity (Wildman–Crippen MR) is 141 cm³/mol. The number of para-hydroxylation sites is 1. The number of ether oxygens (including phenoxy) is 2. The molecular weight excluding hydrogens is 571 g/mol. The van der Waals surface area contributed by atoms with Crippen LogP contribution in [0, 0.1) is 9.49 Å². The second-order valence-electron chi connectivity index (χ2n) is 9.39. The zero-order valence-corrected chi connectivity index (χ0v) is 22.0. The Morgan fingerprint density at radius 2 is 1.83 bits per heavy atom. The van der Waals surface area contributed by atoms with E-state index >= 15 is 0 Å². The molecule has 0 aliphatic carbocycles. The second-order valence-corrected chi connectivity index (χ2v) is 10.6. The van der Waals surface area contributed by atoms with Gasteiger partial charge in [0.15, 0.2) is 0 Å². The highest BCUT2D eigenvalue weighted by molar-refractivity contribution is 14.1. The van der Waals surface area contributed by atoms with Gasteiger partial charge in [0.05, 0.1) is 32.4 Å². The van der Waals surface area contributed by atoms with Crippen molar-refractivity contribution in [1.29, 1.82) is 0 Å². The average Bonchev–Trinajstić information content (AvgIpc) is 3.63. The van der Waals surface area contributed by atoms with Crippen molar-refractivity contribution in [1.82, 2.24) is 9.88 Å². The lowest BCUT2D eigenvalue weighted by Crippen LogP contribution is -2.57. The summed E-state index contributed by atoms with van der Waals surface area (Å²) >= 11 is 2.30. The van der Waals surface area contributed by atoms with Crippen LogP contribution in [0.4, 0.5) is 0 Å². The molecule has 4 aromatic rings. The lowest BCUT2D eigenvalue weighted by molar-refractivity contribution is -0.157. The Hall–Kier alpha value is -3.11. The molecule has 4 atom stereocenters. The first-order valence-electron chi connectivity index (χ1n) is 11.8. The molecule has 0 amide bonds.